The molecule has 1 nitrogen and oxygen atoms in total. The molecule has 0 N–H and O–H groups in total. The number of anilines is 3. The topological polar surface area (TPSA) is 3.24 Å². The highest BCUT2D eigenvalue weighted by Gasteiger charge is 2.61. The van der Waals surface area contributed by atoms with Crippen LogP contribution < -0.4 is 4.90 Å². The van der Waals surface area contributed by atoms with E-state index in [9.17, 15) is 0 Å². The standard InChI is InChI=1S/C48H39N/c1-2-10-33(11-3-1)42-14-7-9-17-47(42)49(38-20-22-41-35(29-38)19-18-34-12-4-5-13-40(34)41)39-21-23-46-44(30-39)43-15-6-8-16-45(43)48(46)36-25-31-24-32(27-36)28-37(48)26-31/h1-23,29-32,36-37H,24-28H2. The van der Waals surface area contributed by atoms with E-state index in [4.69, 9.17) is 0 Å². The number of hydrogen-bond donors (Lipinski definition) is 0. The van der Waals surface area contributed by atoms with Gasteiger partial charge in [-0.05, 0) is 135 Å². The molecule has 236 valence electrons. The third-order valence-corrected chi connectivity index (χ3v) is 13.0. The van der Waals surface area contributed by atoms with Crippen LogP contribution in [0.1, 0.15) is 43.2 Å². The van der Waals surface area contributed by atoms with Crippen LogP contribution in [0.25, 0.3) is 43.8 Å². The van der Waals surface area contributed by atoms with E-state index in [1.54, 1.807) is 11.1 Å². The molecular formula is C48H39N. The lowest BCUT2D eigenvalue weighted by Crippen LogP contribution is -2.55. The van der Waals surface area contributed by atoms with Crippen molar-refractivity contribution in [3.63, 3.8) is 0 Å². The van der Waals surface area contributed by atoms with E-state index in [-0.39, 0.29) is 5.41 Å². The van der Waals surface area contributed by atoms with Crippen LogP contribution in [-0.2, 0) is 5.41 Å². The number of benzene rings is 7. The van der Waals surface area contributed by atoms with Crippen molar-refractivity contribution < 1.29 is 0 Å². The molecule has 0 heterocycles. The molecule has 5 aliphatic carbocycles. The average molecular weight is 630 g/mol. The Balaban J connectivity index is 1.14. The van der Waals surface area contributed by atoms with Gasteiger partial charge in [0.15, 0.2) is 0 Å². The van der Waals surface area contributed by atoms with Gasteiger partial charge in [0.05, 0.1) is 5.69 Å². The summed E-state index contributed by atoms with van der Waals surface area (Å²) in [4.78, 5) is 2.52. The van der Waals surface area contributed by atoms with Gasteiger partial charge in [0, 0.05) is 22.4 Å². The maximum Gasteiger partial charge on any atom is 0.0540 e. The van der Waals surface area contributed by atoms with E-state index >= 15 is 0 Å². The van der Waals surface area contributed by atoms with Crippen LogP contribution in [0.15, 0.2) is 152 Å². The number of fused-ring (bicyclic) bond motifs is 6. The van der Waals surface area contributed by atoms with Crippen molar-refractivity contribution in [1.82, 2.24) is 0 Å². The fourth-order valence-electron chi connectivity index (χ4n) is 11.4. The summed E-state index contributed by atoms with van der Waals surface area (Å²) < 4.78 is 0. The number of hydrogen-bond acceptors (Lipinski definition) is 1. The van der Waals surface area contributed by atoms with Crippen molar-refractivity contribution in [2.45, 2.75) is 37.5 Å². The van der Waals surface area contributed by atoms with Crippen molar-refractivity contribution in [3.8, 4) is 22.3 Å². The summed E-state index contributed by atoms with van der Waals surface area (Å²) in [6, 6.07) is 57.2. The minimum atomic E-state index is 0.175. The van der Waals surface area contributed by atoms with Crippen LogP contribution in [0.3, 0.4) is 0 Å². The molecule has 0 saturated heterocycles. The summed E-state index contributed by atoms with van der Waals surface area (Å²) >= 11 is 0. The zero-order chi connectivity index (χ0) is 32.1. The predicted molar refractivity (Wildman–Crippen MR) is 205 cm³/mol. The van der Waals surface area contributed by atoms with Crippen molar-refractivity contribution >= 4 is 38.6 Å². The molecular weight excluding hydrogens is 591 g/mol. The van der Waals surface area contributed by atoms with Crippen LogP contribution in [0.5, 0.6) is 0 Å². The molecule has 0 aliphatic heterocycles. The zero-order valence-corrected chi connectivity index (χ0v) is 27.7. The first-order valence-corrected chi connectivity index (χ1v) is 18.4. The van der Waals surface area contributed by atoms with Gasteiger partial charge in [-0.15, -0.1) is 0 Å². The summed E-state index contributed by atoms with van der Waals surface area (Å²) in [6.45, 7) is 0. The second kappa shape index (κ2) is 10.4. The van der Waals surface area contributed by atoms with Gasteiger partial charge in [0.25, 0.3) is 0 Å². The Labute approximate surface area is 288 Å². The second-order valence-electron chi connectivity index (χ2n) is 15.4. The van der Waals surface area contributed by atoms with E-state index in [1.807, 2.05) is 0 Å². The average Bonchev–Trinajstić information content (AvgIpc) is 3.44. The van der Waals surface area contributed by atoms with Crippen molar-refractivity contribution in [3.05, 3.63) is 163 Å². The van der Waals surface area contributed by atoms with Crippen LogP contribution in [-0.4, -0.2) is 0 Å². The first kappa shape index (κ1) is 27.8. The summed E-state index contributed by atoms with van der Waals surface area (Å²) in [5.41, 5.74) is 12.4. The fourth-order valence-corrected chi connectivity index (χ4v) is 11.4. The van der Waals surface area contributed by atoms with Gasteiger partial charge in [-0.2, -0.15) is 0 Å². The molecule has 4 saturated carbocycles. The Bertz CT molecular complexity index is 2390. The summed E-state index contributed by atoms with van der Waals surface area (Å²) in [6.07, 6.45) is 7.11. The fraction of sp³-hybridized carbons (Fsp3) is 0.208. The summed E-state index contributed by atoms with van der Waals surface area (Å²) in [7, 11) is 0. The molecule has 4 bridgehead atoms. The first-order valence-electron chi connectivity index (χ1n) is 18.4. The third kappa shape index (κ3) is 3.93. The minimum Gasteiger partial charge on any atom is -0.310 e. The van der Waals surface area contributed by atoms with E-state index < -0.39 is 0 Å². The molecule has 1 heteroatoms. The second-order valence-corrected chi connectivity index (χ2v) is 15.4. The number of para-hydroxylation sites is 1. The molecule has 12 rings (SSSR count). The Morgan fingerprint density at radius 2 is 1.04 bits per heavy atom. The Morgan fingerprint density at radius 1 is 0.429 bits per heavy atom. The zero-order valence-electron chi connectivity index (χ0n) is 27.7. The van der Waals surface area contributed by atoms with Crippen molar-refractivity contribution in [2.75, 3.05) is 4.90 Å². The molecule has 0 atom stereocenters. The molecule has 1 spiro atoms. The smallest absolute Gasteiger partial charge is 0.0540 e. The molecule has 7 aromatic rings. The quantitative estimate of drug-likeness (QED) is 0.175. The van der Waals surface area contributed by atoms with Crippen LogP contribution in [0, 0.1) is 23.7 Å². The Kier molecular flexibility index (Phi) is 5.91. The molecule has 0 radical (unpaired) electrons. The Hall–Kier alpha value is -5.14. The highest BCUT2D eigenvalue weighted by Crippen LogP contribution is 2.69. The monoisotopic (exact) mass is 629 g/mol. The largest absolute Gasteiger partial charge is 0.310 e. The van der Waals surface area contributed by atoms with E-state index in [2.05, 4.69) is 157 Å². The minimum absolute atomic E-state index is 0.175. The predicted octanol–water partition coefficient (Wildman–Crippen LogP) is 12.9. The van der Waals surface area contributed by atoms with Gasteiger partial charge in [0.1, 0.15) is 0 Å². The maximum absolute atomic E-state index is 2.56. The van der Waals surface area contributed by atoms with Crippen LogP contribution in [0.2, 0.25) is 0 Å². The lowest BCUT2D eigenvalue weighted by molar-refractivity contribution is -0.0399. The van der Waals surface area contributed by atoms with Crippen LogP contribution >= 0.6 is 0 Å². The van der Waals surface area contributed by atoms with E-state index in [0.717, 1.165) is 23.7 Å². The maximum atomic E-state index is 2.56. The molecule has 49 heavy (non-hydrogen) atoms. The Morgan fingerprint density at radius 3 is 1.88 bits per heavy atom. The van der Waals surface area contributed by atoms with Gasteiger partial charge in [-0.3, -0.25) is 0 Å². The molecule has 7 aromatic carbocycles. The van der Waals surface area contributed by atoms with Gasteiger partial charge in [-0.25, -0.2) is 0 Å². The molecule has 4 fully saturated rings. The summed E-state index contributed by atoms with van der Waals surface area (Å²) in [5.74, 6) is 3.42. The van der Waals surface area contributed by atoms with Crippen molar-refractivity contribution in [1.29, 1.82) is 0 Å². The lowest BCUT2D eigenvalue weighted by atomic mass is 9.43. The van der Waals surface area contributed by atoms with E-state index in [1.165, 1.54) is 93.0 Å². The van der Waals surface area contributed by atoms with Gasteiger partial charge >= 0.3 is 0 Å². The first-order chi connectivity index (χ1) is 24.3. The molecule has 0 unspecified atom stereocenters. The summed E-state index contributed by atoms with van der Waals surface area (Å²) in [5, 5.41) is 5.14. The van der Waals surface area contributed by atoms with Gasteiger partial charge in [0.2, 0.25) is 0 Å². The molecule has 5 aliphatic rings. The third-order valence-electron chi connectivity index (χ3n) is 13.0. The van der Waals surface area contributed by atoms with Crippen molar-refractivity contribution in [2.24, 2.45) is 23.7 Å². The van der Waals surface area contributed by atoms with Crippen LogP contribution in [0.4, 0.5) is 17.1 Å². The van der Waals surface area contributed by atoms with Gasteiger partial charge in [-0.1, -0.05) is 121 Å². The number of rotatable bonds is 4. The highest BCUT2D eigenvalue weighted by atomic mass is 15.1. The molecule has 0 aromatic heterocycles. The molecule has 0 amide bonds. The number of nitrogens with zero attached hydrogens (tertiary/aromatic N) is 1. The highest BCUT2D eigenvalue weighted by molar-refractivity contribution is 6.08. The normalized spacial score (nSPS) is 24.4. The lowest BCUT2D eigenvalue weighted by Gasteiger charge is -2.61. The SMILES string of the molecule is c1ccc(-c2ccccc2N(c2ccc3c(c2)-c2ccccc2C32C3CC4CC(C3)CC2C4)c2ccc3c(ccc4ccccc43)c2)cc1. The van der Waals surface area contributed by atoms with E-state index in [0.29, 0.717) is 0 Å². The van der Waals surface area contributed by atoms with Gasteiger partial charge < -0.3 is 4.90 Å².